The number of hydrogen-bond acceptors (Lipinski definition) is 6. The van der Waals surface area contributed by atoms with Crippen molar-refractivity contribution in [2.75, 3.05) is 10.6 Å². The van der Waals surface area contributed by atoms with E-state index in [2.05, 4.69) is 39.7 Å². The van der Waals surface area contributed by atoms with Crippen LogP contribution in [0.15, 0.2) is 29.6 Å². The number of carbonyl (C=O) groups is 1. The van der Waals surface area contributed by atoms with Crippen LogP contribution in [0.3, 0.4) is 0 Å². The first-order valence-corrected chi connectivity index (χ1v) is 8.75. The number of amides is 1. The van der Waals surface area contributed by atoms with Crippen LogP contribution in [0, 0.1) is 13.8 Å². The number of aryl methyl sites for hydroxylation is 2. The van der Waals surface area contributed by atoms with E-state index in [0.717, 1.165) is 27.1 Å². The van der Waals surface area contributed by atoms with E-state index >= 15 is 0 Å². The van der Waals surface area contributed by atoms with Gasteiger partial charge < -0.3 is 10.6 Å². The minimum atomic E-state index is -0.120. The van der Waals surface area contributed by atoms with Gasteiger partial charge in [0.25, 0.3) is 0 Å². The highest BCUT2D eigenvalue weighted by molar-refractivity contribution is 8.93. The van der Waals surface area contributed by atoms with Gasteiger partial charge in [0.05, 0.1) is 16.3 Å². The Hall–Kier alpha value is -1.77. The van der Waals surface area contributed by atoms with E-state index in [9.17, 15) is 4.79 Å². The Kier molecular flexibility index (Phi) is 6.09. The van der Waals surface area contributed by atoms with Crippen LogP contribution in [0.1, 0.15) is 18.2 Å². The fraction of sp³-hybridized carbons (Fsp3) is 0.188. The highest BCUT2D eigenvalue weighted by atomic mass is 79.9. The molecule has 2 aromatic heterocycles. The molecule has 0 radical (unpaired) electrons. The van der Waals surface area contributed by atoms with Crippen LogP contribution in [0.4, 0.5) is 16.0 Å². The maximum absolute atomic E-state index is 11.1. The molecule has 3 aromatic rings. The topological polar surface area (TPSA) is 66.9 Å². The van der Waals surface area contributed by atoms with E-state index in [1.807, 2.05) is 24.4 Å². The lowest BCUT2D eigenvalue weighted by Crippen LogP contribution is -2.04. The van der Waals surface area contributed by atoms with Gasteiger partial charge in [0.2, 0.25) is 5.91 Å². The molecule has 0 saturated carbocycles. The average Bonchev–Trinajstić information content (AvgIpc) is 3.07. The predicted molar refractivity (Wildman–Crippen MR) is 107 cm³/mol. The Labute approximate surface area is 158 Å². The van der Waals surface area contributed by atoms with Gasteiger partial charge in [-0.2, -0.15) is 0 Å². The first-order chi connectivity index (χ1) is 11.0. The third-order valence-electron chi connectivity index (χ3n) is 3.12. The molecule has 8 heteroatoms. The second-order valence-corrected chi connectivity index (χ2v) is 7.00. The van der Waals surface area contributed by atoms with Gasteiger partial charge >= 0.3 is 0 Å². The maximum Gasteiger partial charge on any atom is 0.223 e. The van der Waals surface area contributed by atoms with Gasteiger partial charge in [0.15, 0.2) is 10.3 Å². The quantitative estimate of drug-likeness (QED) is 0.606. The van der Waals surface area contributed by atoms with Crippen LogP contribution in [0.25, 0.3) is 10.6 Å². The van der Waals surface area contributed by atoms with Gasteiger partial charge in [-0.05, 0) is 26.0 Å². The predicted octanol–water partition coefficient (Wildman–Crippen LogP) is 5.16. The summed E-state index contributed by atoms with van der Waals surface area (Å²) in [7, 11) is 0. The summed E-state index contributed by atoms with van der Waals surface area (Å²) in [5.74, 6) is -0.120. The molecule has 0 saturated heterocycles. The fourth-order valence-electron chi connectivity index (χ4n) is 2.03. The number of rotatable bonds is 4. The molecule has 5 nitrogen and oxygen atoms in total. The number of benzene rings is 1. The molecule has 126 valence electrons. The number of thiazole rings is 2. The highest BCUT2D eigenvalue weighted by Crippen LogP contribution is 2.35. The molecule has 24 heavy (non-hydrogen) atoms. The molecular weight excluding hydrogens is 408 g/mol. The highest BCUT2D eigenvalue weighted by Gasteiger charge is 2.13. The minimum absolute atomic E-state index is 0. The summed E-state index contributed by atoms with van der Waals surface area (Å²) in [6.45, 7) is 5.46. The molecule has 2 heterocycles. The molecular formula is C16H17BrN4OS2. The zero-order valence-electron chi connectivity index (χ0n) is 13.4. The number of carbonyl (C=O) groups excluding carboxylic acids is 1. The summed E-state index contributed by atoms with van der Waals surface area (Å²) in [5, 5.41) is 9.45. The van der Waals surface area contributed by atoms with Gasteiger partial charge in [-0.25, -0.2) is 9.97 Å². The second-order valence-electron chi connectivity index (χ2n) is 5.14. The van der Waals surface area contributed by atoms with Crippen molar-refractivity contribution >= 4 is 61.5 Å². The van der Waals surface area contributed by atoms with Gasteiger partial charge in [-0.3, -0.25) is 4.79 Å². The van der Waals surface area contributed by atoms with Crippen LogP contribution in [0.5, 0.6) is 0 Å². The normalized spacial score (nSPS) is 10.1. The summed E-state index contributed by atoms with van der Waals surface area (Å²) in [6, 6.07) is 8.18. The third-order valence-corrected chi connectivity index (χ3v) is 4.97. The lowest BCUT2D eigenvalue weighted by atomic mass is 10.2. The Bertz CT molecular complexity index is 842. The molecule has 0 bridgehead atoms. The number of hydrogen-bond donors (Lipinski definition) is 2. The SMILES string of the molecule is Br.CC(=O)Nc1nc(C)c(-c2csc(Nc3ccc(C)cc3)n2)s1. The summed E-state index contributed by atoms with van der Waals surface area (Å²) in [6.07, 6.45) is 0. The summed E-state index contributed by atoms with van der Waals surface area (Å²) >= 11 is 2.98. The Morgan fingerprint density at radius 3 is 2.46 bits per heavy atom. The molecule has 0 fully saturated rings. The molecule has 0 unspecified atom stereocenters. The maximum atomic E-state index is 11.1. The molecule has 0 spiro atoms. The largest absolute Gasteiger partial charge is 0.332 e. The molecule has 3 rings (SSSR count). The van der Waals surface area contributed by atoms with Crippen molar-refractivity contribution in [3.8, 4) is 10.6 Å². The first-order valence-electron chi connectivity index (χ1n) is 7.06. The third kappa shape index (κ3) is 4.40. The summed E-state index contributed by atoms with van der Waals surface area (Å²) < 4.78 is 0. The van der Waals surface area contributed by atoms with Gasteiger partial charge in [-0.15, -0.1) is 28.3 Å². The van der Waals surface area contributed by atoms with Crippen LogP contribution in [0.2, 0.25) is 0 Å². The van der Waals surface area contributed by atoms with Crippen molar-refractivity contribution in [3.05, 3.63) is 40.9 Å². The van der Waals surface area contributed by atoms with Crippen molar-refractivity contribution in [3.63, 3.8) is 0 Å². The van der Waals surface area contributed by atoms with Crippen molar-refractivity contribution in [2.45, 2.75) is 20.8 Å². The van der Waals surface area contributed by atoms with Crippen LogP contribution < -0.4 is 10.6 Å². The molecule has 1 aromatic carbocycles. The monoisotopic (exact) mass is 424 g/mol. The average molecular weight is 425 g/mol. The molecule has 0 aliphatic carbocycles. The number of nitrogens with one attached hydrogen (secondary N) is 2. The molecule has 1 amide bonds. The molecule has 0 atom stereocenters. The Balaban J connectivity index is 0.00000208. The van der Waals surface area contributed by atoms with E-state index in [0.29, 0.717) is 5.13 Å². The molecule has 0 aliphatic rings. The van der Waals surface area contributed by atoms with Gasteiger partial charge in [0.1, 0.15) is 0 Å². The van der Waals surface area contributed by atoms with Crippen molar-refractivity contribution in [1.82, 2.24) is 9.97 Å². The number of aromatic nitrogens is 2. The van der Waals surface area contributed by atoms with Crippen molar-refractivity contribution in [2.24, 2.45) is 0 Å². The van der Waals surface area contributed by atoms with E-state index in [1.54, 1.807) is 11.3 Å². The van der Waals surface area contributed by atoms with Crippen LogP contribution in [-0.4, -0.2) is 15.9 Å². The lowest BCUT2D eigenvalue weighted by Gasteiger charge is -2.02. The smallest absolute Gasteiger partial charge is 0.223 e. The van der Waals surface area contributed by atoms with E-state index < -0.39 is 0 Å². The standard InChI is InChI=1S/C16H16N4OS2.BrH/c1-9-4-6-12(7-5-9)19-15-20-13(8-22-15)14-10(2)17-16(23-14)18-11(3)21;/h4-8H,1-3H3,(H,19,20)(H,17,18,21);1H. The van der Waals surface area contributed by atoms with Crippen LogP contribution >= 0.6 is 39.7 Å². The second kappa shape index (κ2) is 7.87. The number of anilines is 3. The Morgan fingerprint density at radius 1 is 1.08 bits per heavy atom. The van der Waals surface area contributed by atoms with Gasteiger partial charge in [0, 0.05) is 18.0 Å². The molecule has 2 N–H and O–H groups in total. The van der Waals surface area contributed by atoms with E-state index in [-0.39, 0.29) is 22.9 Å². The summed E-state index contributed by atoms with van der Waals surface area (Å²) in [5.41, 5.74) is 3.97. The molecule has 0 aliphatic heterocycles. The number of halogens is 1. The zero-order chi connectivity index (χ0) is 16.4. The van der Waals surface area contributed by atoms with E-state index in [4.69, 9.17) is 0 Å². The van der Waals surface area contributed by atoms with Crippen LogP contribution in [-0.2, 0) is 4.79 Å². The first kappa shape index (κ1) is 18.6. The van der Waals surface area contributed by atoms with E-state index in [1.165, 1.54) is 23.8 Å². The van der Waals surface area contributed by atoms with Crippen molar-refractivity contribution in [1.29, 1.82) is 0 Å². The zero-order valence-corrected chi connectivity index (χ0v) is 16.8. The number of nitrogens with zero attached hydrogens (tertiary/aromatic N) is 2. The summed E-state index contributed by atoms with van der Waals surface area (Å²) in [4.78, 5) is 21.1. The van der Waals surface area contributed by atoms with Crippen molar-refractivity contribution < 1.29 is 4.79 Å². The van der Waals surface area contributed by atoms with Gasteiger partial charge in [-0.1, -0.05) is 29.0 Å². The fourth-order valence-corrected chi connectivity index (χ4v) is 3.80. The lowest BCUT2D eigenvalue weighted by molar-refractivity contribution is -0.114. The minimum Gasteiger partial charge on any atom is -0.332 e. The Morgan fingerprint density at radius 2 is 1.79 bits per heavy atom.